The molecule has 0 radical (unpaired) electrons. The Morgan fingerprint density at radius 3 is 2.65 bits per heavy atom. The summed E-state index contributed by atoms with van der Waals surface area (Å²) in [7, 11) is 0. The third kappa shape index (κ3) is 3.69. The number of aromatic nitrogens is 3. The van der Waals surface area contributed by atoms with E-state index in [-0.39, 0.29) is 0 Å². The molecule has 0 saturated heterocycles. The first-order valence-electron chi connectivity index (χ1n) is 7.61. The van der Waals surface area contributed by atoms with E-state index in [1.807, 2.05) is 36.4 Å². The van der Waals surface area contributed by atoms with Crippen molar-refractivity contribution >= 4 is 5.69 Å². The fourth-order valence-electron chi connectivity index (χ4n) is 2.23. The summed E-state index contributed by atoms with van der Waals surface area (Å²) in [4.78, 5) is 4.28. The van der Waals surface area contributed by atoms with Gasteiger partial charge in [-0.2, -0.15) is 0 Å². The fraction of sp³-hybridized carbons (Fsp3) is 0.222. The number of benzene rings is 2. The van der Waals surface area contributed by atoms with E-state index in [1.54, 1.807) is 11.0 Å². The van der Waals surface area contributed by atoms with E-state index < -0.39 is 0 Å². The minimum absolute atomic E-state index is 0.337. The van der Waals surface area contributed by atoms with E-state index in [2.05, 4.69) is 36.1 Å². The van der Waals surface area contributed by atoms with Crippen molar-refractivity contribution in [3.63, 3.8) is 0 Å². The third-order valence-corrected chi connectivity index (χ3v) is 3.59. The normalized spacial score (nSPS) is 10.9. The summed E-state index contributed by atoms with van der Waals surface area (Å²) in [5.41, 5.74) is 8.58. The van der Waals surface area contributed by atoms with Crippen LogP contribution in [0, 0.1) is 0 Å². The fourth-order valence-corrected chi connectivity index (χ4v) is 2.23. The van der Waals surface area contributed by atoms with Gasteiger partial charge in [0.05, 0.1) is 5.69 Å². The Kier molecular flexibility index (Phi) is 4.28. The number of anilines is 1. The first-order valence-corrected chi connectivity index (χ1v) is 7.61. The predicted octanol–water partition coefficient (Wildman–Crippen LogP) is 3.55. The van der Waals surface area contributed by atoms with Crippen LogP contribution in [0.3, 0.4) is 0 Å². The van der Waals surface area contributed by atoms with Gasteiger partial charge in [-0.05, 0) is 47.9 Å². The summed E-state index contributed by atoms with van der Waals surface area (Å²) in [6.07, 6.45) is 1.68. The van der Waals surface area contributed by atoms with Crippen LogP contribution in [-0.4, -0.2) is 14.8 Å². The highest BCUT2D eigenvalue weighted by atomic mass is 16.5. The summed E-state index contributed by atoms with van der Waals surface area (Å²) in [5.74, 6) is 1.94. The van der Waals surface area contributed by atoms with Crippen molar-refractivity contribution in [1.82, 2.24) is 14.8 Å². The number of nitrogens with zero attached hydrogens (tertiary/aromatic N) is 3. The van der Waals surface area contributed by atoms with Crippen LogP contribution in [0.2, 0.25) is 0 Å². The van der Waals surface area contributed by atoms with Gasteiger partial charge in [0.1, 0.15) is 18.7 Å². The highest BCUT2D eigenvalue weighted by molar-refractivity contribution is 5.44. The summed E-state index contributed by atoms with van der Waals surface area (Å²) in [6.45, 7) is 4.66. The zero-order chi connectivity index (χ0) is 16.2. The van der Waals surface area contributed by atoms with Crippen molar-refractivity contribution in [2.45, 2.75) is 26.4 Å². The molecule has 2 N–H and O–H groups in total. The highest BCUT2D eigenvalue weighted by Crippen LogP contribution is 2.20. The molecule has 0 fully saturated rings. The van der Waals surface area contributed by atoms with Crippen molar-refractivity contribution in [3.05, 3.63) is 66.2 Å². The smallest absolute Gasteiger partial charge is 0.188 e. The van der Waals surface area contributed by atoms with Crippen LogP contribution >= 0.6 is 0 Å². The van der Waals surface area contributed by atoms with Gasteiger partial charge in [0.2, 0.25) is 0 Å². The van der Waals surface area contributed by atoms with Gasteiger partial charge in [0, 0.05) is 5.69 Å². The molecule has 5 nitrogen and oxygen atoms in total. The zero-order valence-electron chi connectivity index (χ0n) is 13.3. The van der Waals surface area contributed by atoms with Crippen LogP contribution in [0.1, 0.15) is 31.2 Å². The number of ether oxygens (including phenoxy) is 1. The predicted molar refractivity (Wildman–Crippen MR) is 90.6 cm³/mol. The number of rotatable bonds is 5. The number of hydrogen-bond donors (Lipinski definition) is 1. The van der Waals surface area contributed by atoms with E-state index in [4.69, 9.17) is 10.5 Å². The molecule has 1 aromatic heterocycles. The first kappa shape index (κ1) is 15.1. The Morgan fingerprint density at radius 1 is 1.13 bits per heavy atom. The second kappa shape index (κ2) is 6.52. The minimum Gasteiger partial charge on any atom is -0.486 e. The summed E-state index contributed by atoms with van der Waals surface area (Å²) in [6, 6.07) is 15.6. The Bertz CT molecular complexity index is 778. The van der Waals surface area contributed by atoms with Gasteiger partial charge in [0.25, 0.3) is 0 Å². The summed E-state index contributed by atoms with van der Waals surface area (Å²) in [5, 5.41) is 4.42. The van der Waals surface area contributed by atoms with E-state index in [0.29, 0.717) is 18.3 Å². The molecule has 23 heavy (non-hydrogen) atoms. The standard InChI is InChI=1S/C18H20N4O/c1-13(2)14-4-3-5-17(10-14)23-11-18-20-12-22(21-18)16-8-6-15(19)7-9-16/h3-10,12-13H,11,19H2,1-2H3. The lowest BCUT2D eigenvalue weighted by atomic mass is 10.0. The van der Waals surface area contributed by atoms with E-state index in [0.717, 1.165) is 17.1 Å². The Labute approximate surface area is 135 Å². The van der Waals surface area contributed by atoms with Gasteiger partial charge in [-0.15, -0.1) is 5.10 Å². The van der Waals surface area contributed by atoms with Crippen molar-refractivity contribution in [3.8, 4) is 11.4 Å². The van der Waals surface area contributed by atoms with Crippen LogP contribution in [0.4, 0.5) is 5.69 Å². The van der Waals surface area contributed by atoms with Gasteiger partial charge in [0.15, 0.2) is 5.82 Å². The number of hydrogen-bond acceptors (Lipinski definition) is 4. The molecule has 1 heterocycles. The molecule has 0 unspecified atom stereocenters. The topological polar surface area (TPSA) is 66.0 Å². The Morgan fingerprint density at radius 2 is 1.91 bits per heavy atom. The summed E-state index contributed by atoms with van der Waals surface area (Å²) >= 11 is 0. The molecule has 3 rings (SSSR count). The second-order valence-corrected chi connectivity index (χ2v) is 5.71. The van der Waals surface area contributed by atoms with Crippen molar-refractivity contribution < 1.29 is 4.74 Å². The van der Waals surface area contributed by atoms with Crippen LogP contribution in [-0.2, 0) is 6.61 Å². The van der Waals surface area contributed by atoms with Gasteiger partial charge < -0.3 is 10.5 Å². The van der Waals surface area contributed by atoms with Crippen molar-refractivity contribution in [2.24, 2.45) is 0 Å². The van der Waals surface area contributed by atoms with E-state index >= 15 is 0 Å². The first-order chi connectivity index (χ1) is 11.1. The maximum atomic E-state index is 5.79. The molecule has 0 atom stereocenters. The average molecular weight is 308 g/mol. The second-order valence-electron chi connectivity index (χ2n) is 5.71. The van der Waals surface area contributed by atoms with E-state index in [1.165, 1.54) is 5.56 Å². The van der Waals surface area contributed by atoms with Crippen molar-refractivity contribution in [1.29, 1.82) is 0 Å². The van der Waals surface area contributed by atoms with Gasteiger partial charge >= 0.3 is 0 Å². The molecule has 0 amide bonds. The van der Waals surface area contributed by atoms with Gasteiger partial charge in [-0.25, -0.2) is 9.67 Å². The molecule has 0 bridgehead atoms. The lowest BCUT2D eigenvalue weighted by Crippen LogP contribution is -2.01. The quantitative estimate of drug-likeness (QED) is 0.732. The molecule has 0 saturated carbocycles. The number of nitrogens with two attached hydrogens (primary N) is 1. The number of nitrogen functional groups attached to an aromatic ring is 1. The Hall–Kier alpha value is -2.82. The zero-order valence-corrected chi connectivity index (χ0v) is 13.3. The molecule has 5 heteroatoms. The Balaban J connectivity index is 1.67. The maximum absolute atomic E-state index is 5.79. The van der Waals surface area contributed by atoms with Crippen molar-refractivity contribution in [2.75, 3.05) is 5.73 Å². The lowest BCUT2D eigenvalue weighted by Gasteiger charge is -2.08. The molecular formula is C18H20N4O. The van der Waals surface area contributed by atoms with Gasteiger partial charge in [-0.3, -0.25) is 0 Å². The SMILES string of the molecule is CC(C)c1cccc(OCc2ncn(-c3ccc(N)cc3)n2)c1. The largest absolute Gasteiger partial charge is 0.486 e. The molecule has 0 aliphatic heterocycles. The molecule has 118 valence electrons. The molecule has 0 spiro atoms. The molecular weight excluding hydrogens is 288 g/mol. The average Bonchev–Trinajstić information content (AvgIpc) is 3.03. The molecule has 2 aromatic carbocycles. The van der Waals surface area contributed by atoms with Gasteiger partial charge in [-0.1, -0.05) is 26.0 Å². The molecule has 3 aromatic rings. The maximum Gasteiger partial charge on any atom is 0.188 e. The lowest BCUT2D eigenvalue weighted by molar-refractivity contribution is 0.295. The highest BCUT2D eigenvalue weighted by Gasteiger charge is 2.05. The molecule has 0 aliphatic rings. The van der Waals surface area contributed by atoms with E-state index in [9.17, 15) is 0 Å². The summed E-state index contributed by atoms with van der Waals surface area (Å²) < 4.78 is 7.50. The minimum atomic E-state index is 0.337. The van der Waals surface area contributed by atoms with Crippen LogP contribution in [0.25, 0.3) is 5.69 Å². The third-order valence-electron chi connectivity index (χ3n) is 3.59. The van der Waals surface area contributed by atoms with Crippen LogP contribution < -0.4 is 10.5 Å². The monoisotopic (exact) mass is 308 g/mol. The van der Waals surface area contributed by atoms with Crippen LogP contribution in [0.5, 0.6) is 5.75 Å². The van der Waals surface area contributed by atoms with Crippen LogP contribution in [0.15, 0.2) is 54.9 Å². The molecule has 0 aliphatic carbocycles.